The summed E-state index contributed by atoms with van der Waals surface area (Å²) in [6, 6.07) is 2.22. The summed E-state index contributed by atoms with van der Waals surface area (Å²) >= 11 is 0. The lowest BCUT2D eigenvalue weighted by Crippen LogP contribution is -2.27. The first-order chi connectivity index (χ1) is 9.32. The third-order valence-corrected chi connectivity index (χ3v) is 4.42. The van der Waals surface area contributed by atoms with E-state index in [1.807, 2.05) is 0 Å². The van der Waals surface area contributed by atoms with Crippen molar-refractivity contribution in [2.24, 2.45) is 7.05 Å². The highest BCUT2D eigenvalue weighted by molar-refractivity contribution is 7.88. The van der Waals surface area contributed by atoms with Crippen LogP contribution in [-0.4, -0.2) is 40.4 Å². The maximum Gasteiger partial charge on any atom is 0.371 e. The average Bonchev–Trinajstić information content (AvgIpc) is 2.99. The Kier molecular flexibility index (Phi) is 3.64. The normalized spacial score (nSPS) is 11.9. The molecule has 2 rings (SSSR count). The van der Waals surface area contributed by atoms with E-state index >= 15 is 0 Å². The highest BCUT2D eigenvalue weighted by Crippen LogP contribution is 2.19. The number of sulfonamides is 1. The van der Waals surface area contributed by atoms with Crippen LogP contribution < -0.4 is 0 Å². The Morgan fingerprint density at radius 1 is 1.50 bits per heavy atom. The molecular weight excluding hydrogens is 286 g/mol. The van der Waals surface area contributed by atoms with Crippen LogP contribution in [0.5, 0.6) is 0 Å². The van der Waals surface area contributed by atoms with E-state index in [1.54, 1.807) is 24.0 Å². The number of hydrogen-bond donors (Lipinski definition) is 1. The highest BCUT2D eigenvalue weighted by atomic mass is 32.2. The van der Waals surface area contributed by atoms with Crippen LogP contribution in [-0.2, 0) is 23.6 Å². The molecule has 20 heavy (non-hydrogen) atoms. The van der Waals surface area contributed by atoms with E-state index < -0.39 is 26.8 Å². The maximum absolute atomic E-state index is 12.2. The van der Waals surface area contributed by atoms with Gasteiger partial charge in [0.2, 0.25) is 10.9 Å². The molecule has 0 aliphatic heterocycles. The molecule has 8 nitrogen and oxygen atoms in total. The second-order valence-electron chi connectivity index (χ2n) is 4.14. The van der Waals surface area contributed by atoms with Gasteiger partial charge in [0.15, 0.2) is 0 Å². The SMILES string of the molecule is CN(Cc1nccn1C)S(=O)(=O)c1ccc(C(=O)O)o1. The lowest BCUT2D eigenvalue weighted by molar-refractivity contribution is 0.0656. The van der Waals surface area contributed by atoms with Crippen LogP contribution in [0.25, 0.3) is 0 Å². The summed E-state index contributed by atoms with van der Waals surface area (Å²) in [5.41, 5.74) is 0. The first-order valence-corrected chi connectivity index (χ1v) is 7.02. The van der Waals surface area contributed by atoms with Crippen LogP contribution >= 0.6 is 0 Å². The fourth-order valence-corrected chi connectivity index (χ4v) is 2.59. The van der Waals surface area contributed by atoms with E-state index in [9.17, 15) is 13.2 Å². The Balaban J connectivity index is 2.25. The standard InChI is InChI=1S/C11H13N3O5S/c1-13-6-5-12-9(13)7-14(2)20(17,18)10-4-3-8(19-10)11(15)16/h3-6H,7H2,1-2H3,(H,15,16). The van der Waals surface area contributed by atoms with Gasteiger partial charge in [0.25, 0.3) is 10.0 Å². The Morgan fingerprint density at radius 2 is 2.20 bits per heavy atom. The van der Waals surface area contributed by atoms with Gasteiger partial charge < -0.3 is 14.1 Å². The number of nitrogens with zero attached hydrogens (tertiary/aromatic N) is 3. The van der Waals surface area contributed by atoms with Crippen LogP contribution in [0.4, 0.5) is 0 Å². The maximum atomic E-state index is 12.2. The molecule has 0 saturated carbocycles. The van der Waals surface area contributed by atoms with Crippen LogP contribution in [0.2, 0.25) is 0 Å². The van der Waals surface area contributed by atoms with Crippen molar-refractivity contribution in [1.82, 2.24) is 13.9 Å². The number of carboxylic acid groups (broad SMARTS) is 1. The van der Waals surface area contributed by atoms with Gasteiger partial charge in [-0.2, -0.15) is 4.31 Å². The molecule has 2 heterocycles. The molecule has 2 aromatic rings. The van der Waals surface area contributed by atoms with Gasteiger partial charge in [0.1, 0.15) is 5.82 Å². The second-order valence-corrected chi connectivity index (χ2v) is 6.12. The molecule has 1 N–H and O–H groups in total. The number of aromatic carboxylic acids is 1. The topological polar surface area (TPSA) is 106 Å². The molecule has 0 bridgehead atoms. The summed E-state index contributed by atoms with van der Waals surface area (Å²) in [7, 11) is -0.778. The lowest BCUT2D eigenvalue weighted by atomic mass is 10.5. The van der Waals surface area contributed by atoms with E-state index in [4.69, 9.17) is 9.52 Å². The van der Waals surface area contributed by atoms with E-state index in [2.05, 4.69) is 4.98 Å². The van der Waals surface area contributed by atoms with E-state index in [-0.39, 0.29) is 6.54 Å². The molecule has 0 fully saturated rings. The highest BCUT2D eigenvalue weighted by Gasteiger charge is 2.26. The molecular formula is C11H13N3O5S. The van der Waals surface area contributed by atoms with E-state index in [0.29, 0.717) is 5.82 Å². The fraction of sp³-hybridized carbons (Fsp3) is 0.273. The van der Waals surface area contributed by atoms with Crippen molar-refractivity contribution in [3.8, 4) is 0 Å². The van der Waals surface area contributed by atoms with Gasteiger partial charge in [-0.15, -0.1) is 0 Å². The van der Waals surface area contributed by atoms with Crippen molar-refractivity contribution >= 4 is 16.0 Å². The summed E-state index contributed by atoms with van der Waals surface area (Å²) in [6.07, 6.45) is 3.26. The minimum absolute atomic E-state index is 0.0505. The molecule has 0 aromatic carbocycles. The fourth-order valence-electron chi connectivity index (χ4n) is 1.56. The summed E-state index contributed by atoms with van der Waals surface area (Å²) in [6.45, 7) is 0.0505. The van der Waals surface area contributed by atoms with Crippen molar-refractivity contribution in [2.45, 2.75) is 11.6 Å². The zero-order valence-electron chi connectivity index (χ0n) is 10.8. The molecule has 0 saturated heterocycles. The Labute approximate surface area is 115 Å². The van der Waals surface area contributed by atoms with E-state index in [0.717, 1.165) is 16.4 Å². The molecule has 0 atom stereocenters. The van der Waals surface area contributed by atoms with Crippen molar-refractivity contribution in [2.75, 3.05) is 7.05 Å². The van der Waals surface area contributed by atoms with Crippen LogP contribution in [0.15, 0.2) is 34.0 Å². The third kappa shape index (κ3) is 2.58. The number of carboxylic acids is 1. The molecule has 108 valence electrons. The van der Waals surface area contributed by atoms with Gasteiger partial charge in [0, 0.05) is 26.5 Å². The van der Waals surface area contributed by atoms with E-state index in [1.165, 1.54) is 7.05 Å². The first kappa shape index (κ1) is 14.3. The Bertz CT molecular complexity index is 731. The van der Waals surface area contributed by atoms with Crippen molar-refractivity contribution in [3.05, 3.63) is 36.1 Å². The summed E-state index contributed by atoms with van der Waals surface area (Å²) in [4.78, 5) is 14.7. The minimum atomic E-state index is -3.89. The summed E-state index contributed by atoms with van der Waals surface area (Å²) < 4.78 is 32.0. The second kappa shape index (κ2) is 5.10. The summed E-state index contributed by atoms with van der Waals surface area (Å²) in [5, 5.41) is 8.32. The number of hydrogen-bond acceptors (Lipinski definition) is 5. The number of carbonyl (C=O) groups is 1. The van der Waals surface area contributed by atoms with Gasteiger partial charge in [0.05, 0.1) is 6.54 Å². The quantitative estimate of drug-likeness (QED) is 0.863. The van der Waals surface area contributed by atoms with Gasteiger partial charge in [-0.05, 0) is 12.1 Å². The zero-order chi connectivity index (χ0) is 14.9. The van der Waals surface area contributed by atoms with Gasteiger partial charge in [-0.3, -0.25) is 0 Å². The Morgan fingerprint density at radius 3 is 2.70 bits per heavy atom. The number of aromatic nitrogens is 2. The van der Waals surface area contributed by atoms with Gasteiger partial charge in [-0.1, -0.05) is 0 Å². The minimum Gasteiger partial charge on any atom is -0.475 e. The zero-order valence-corrected chi connectivity index (χ0v) is 11.7. The van der Waals surface area contributed by atoms with Crippen LogP contribution in [0.3, 0.4) is 0 Å². The van der Waals surface area contributed by atoms with Crippen LogP contribution in [0.1, 0.15) is 16.4 Å². The Hall–Kier alpha value is -2.13. The van der Waals surface area contributed by atoms with Gasteiger partial charge in [-0.25, -0.2) is 18.2 Å². The molecule has 0 spiro atoms. The molecule has 0 aliphatic rings. The number of aryl methyl sites for hydroxylation is 1. The smallest absolute Gasteiger partial charge is 0.371 e. The monoisotopic (exact) mass is 299 g/mol. The largest absolute Gasteiger partial charge is 0.475 e. The molecule has 2 aromatic heterocycles. The molecule has 0 unspecified atom stereocenters. The molecule has 0 aliphatic carbocycles. The van der Waals surface area contributed by atoms with Gasteiger partial charge >= 0.3 is 5.97 Å². The third-order valence-electron chi connectivity index (χ3n) is 2.74. The summed E-state index contributed by atoms with van der Waals surface area (Å²) in [5.74, 6) is -1.19. The predicted molar refractivity (Wildman–Crippen MR) is 67.5 cm³/mol. The number of furan rings is 1. The molecule has 9 heteroatoms. The average molecular weight is 299 g/mol. The first-order valence-electron chi connectivity index (χ1n) is 5.58. The number of imidazole rings is 1. The molecule has 0 amide bonds. The van der Waals surface area contributed by atoms with Crippen molar-refractivity contribution in [3.63, 3.8) is 0 Å². The number of rotatable bonds is 5. The lowest BCUT2D eigenvalue weighted by Gasteiger charge is -2.14. The predicted octanol–water partition coefficient (Wildman–Crippen LogP) is 0.532. The van der Waals surface area contributed by atoms with Crippen molar-refractivity contribution in [1.29, 1.82) is 0 Å². The van der Waals surface area contributed by atoms with Crippen LogP contribution in [0, 0.1) is 0 Å². The molecule has 0 radical (unpaired) electrons. The van der Waals surface area contributed by atoms with Crippen molar-refractivity contribution < 1.29 is 22.7 Å².